The maximum absolute atomic E-state index is 12.8. The molecule has 1 heterocycles. The van der Waals surface area contributed by atoms with Crippen LogP contribution in [0.15, 0.2) is 53.6 Å². The molecule has 0 aliphatic heterocycles. The zero-order chi connectivity index (χ0) is 21.3. The second-order valence-electron chi connectivity index (χ2n) is 6.09. The molecule has 10 heteroatoms. The molecule has 0 unspecified atom stereocenters. The third-order valence-corrected chi connectivity index (χ3v) is 5.63. The Morgan fingerprint density at radius 2 is 1.90 bits per heavy atom. The number of aryl methyl sites for hydroxylation is 1. The number of nitrogens with zero attached hydrogens (tertiary/aromatic N) is 3. The normalized spacial score (nSPS) is 12.4. The van der Waals surface area contributed by atoms with Gasteiger partial charge in [0.05, 0.1) is 26.1 Å². The van der Waals surface area contributed by atoms with Gasteiger partial charge >= 0.3 is 5.97 Å². The van der Waals surface area contributed by atoms with E-state index in [9.17, 15) is 9.59 Å². The van der Waals surface area contributed by atoms with E-state index in [2.05, 4.69) is 57.9 Å². The lowest BCUT2D eigenvalue weighted by Gasteiger charge is -2.14. The fraction of sp³-hybridized carbons (Fsp3) is 0.158. The van der Waals surface area contributed by atoms with Crippen molar-refractivity contribution >= 4 is 70.9 Å². The highest BCUT2D eigenvalue weighted by Crippen LogP contribution is 2.35. The molecule has 2 aromatic carbocycles. The zero-order valence-electron chi connectivity index (χ0n) is 15.2. The van der Waals surface area contributed by atoms with Gasteiger partial charge in [0.25, 0.3) is 5.56 Å². The first kappa shape index (κ1) is 21.7. The van der Waals surface area contributed by atoms with Crippen LogP contribution in [-0.4, -0.2) is 33.1 Å². The average molecular weight is 588 g/mol. The molecule has 0 radical (unpaired) electrons. The number of halogens is 3. The van der Waals surface area contributed by atoms with Gasteiger partial charge in [0.1, 0.15) is 11.6 Å². The van der Waals surface area contributed by atoms with E-state index in [0.29, 0.717) is 37.0 Å². The first-order valence-corrected chi connectivity index (χ1v) is 10.7. The number of carboxylic acid groups (broad SMARTS) is 1. The van der Waals surface area contributed by atoms with Gasteiger partial charge in [-0.2, -0.15) is 9.78 Å². The molecule has 1 aromatic heterocycles. The van der Waals surface area contributed by atoms with Gasteiger partial charge in [0.15, 0.2) is 6.10 Å². The van der Waals surface area contributed by atoms with E-state index in [4.69, 9.17) is 9.84 Å². The molecule has 0 saturated carbocycles. The van der Waals surface area contributed by atoms with Gasteiger partial charge in [-0.25, -0.2) is 9.78 Å². The Morgan fingerprint density at radius 1 is 1.24 bits per heavy atom. The van der Waals surface area contributed by atoms with Gasteiger partial charge in [-0.05, 0) is 81.6 Å². The van der Waals surface area contributed by atoms with Crippen LogP contribution in [0, 0.1) is 6.92 Å². The number of hydrogen-bond donors (Lipinski definition) is 1. The van der Waals surface area contributed by atoms with Gasteiger partial charge in [-0.15, -0.1) is 0 Å². The SMILES string of the molecule is Cc1nc2ccc(Br)cc2c(=O)n1N=Cc1cc(Br)c(O[C@H](C)C(=O)O)c(Br)c1. The minimum atomic E-state index is -1.07. The van der Waals surface area contributed by atoms with E-state index < -0.39 is 12.1 Å². The molecule has 3 aromatic rings. The summed E-state index contributed by atoms with van der Waals surface area (Å²) in [4.78, 5) is 28.2. The second kappa shape index (κ2) is 8.76. The molecule has 0 aliphatic carbocycles. The van der Waals surface area contributed by atoms with Crippen molar-refractivity contribution in [3.05, 3.63) is 65.5 Å². The highest BCUT2D eigenvalue weighted by molar-refractivity contribution is 9.11. The monoisotopic (exact) mass is 585 g/mol. The Kier molecular flexibility index (Phi) is 6.55. The highest BCUT2D eigenvalue weighted by atomic mass is 79.9. The molecule has 0 bridgehead atoms. The van der Waals surface area contributed by atoms with Gasteiger partial charge in [0.2, 0.25) is 0 Å². The predicted molar refractivity (Wildman–Crippen MR) is 121 cm³/mol. The van der Waals surface area contributed by atoms with E-state index in [1.165, 1.54) is 17.8 Å². The van der Waals surface area contributed by atoms with Gasteiger partial charge < -0.3 is 9.84 Å². The maximum Gasteiger partial charge on any atom is 0.344 e. The summed E-state index contributed by atoms with van der Waals surface area (Å²) in [7, 11) is 0. The number of ether oxygens (including phenoxy) is 1. The van der Waals surface area contributed by atoms with Crippen LogP contribution in [0.25, 0.3) is 10.9 Å². The first-order valence-electron chi connectivity index (χ1n) is 8.29. The summed E-state index contributed by atoms with van der Waals surface area (Å²) in [6.07, 6.45) is 0.506. The number of carbonyl (C=O) groups is 1. The summed E-state index contributed by atoms with van der Waals surface area (Å²) < 4.78 is 8.55. The summed E-state index contributed by atoms with van der Waals surface area (Å²) in [6.45, 7) is 3.15. The Labute approximate surface area is 190 Å². The second-order valence-corrected chi connectivity index (χ2v) is 8.72. The minimum Gasteiger partial charge on any atom is -0.479 e. The molecule has 29 heavy (non-hydrogen) atoms. The van der Waals surface area contributed by atoms with Crippen LogP contribution in [-0.2, 0) is 4.79 Å². The number of benzene rings is 2. The van der Waals surface area contributed by atoms with E-state index in [-0.39, 0.29) is 5.56 Å². The molecular formula is C19H14Br3N3O4. The van der Waals surface area contributed by atoms with Gasteiger partial charge in [-0.1, -0.05) is 15.9 Å². The molecule has 1 atom stereocenters. The number of hydrogen-bond acceptors (Lipinski definition) is 5. The lowest BCUT2D eigenvalue weighted by atomic mass is 10.2. The third kappa shape index (κ3) is 4.76. The van der Waals surface area contributed by atoms with E-state index in [1.807, 2.05) is 6.07 Å². The smallest absolute Gasteiger partial charge is 0.344 e. The molecule has 0 aliphatic rings. The van der Waals surface area contributed by atoms with Gasteiger partial charge in [0, 0.05) is 4.47 Å². The fourth-order valence-corrected chi connectivity index (χ4v) is 4.28. The van der Waals surface area contributed by atoms with Crippen LogP contribution < -0.4 is 10.3 Å². The number of carboxylic acids is 1. The highest BCUT2D eigenvalue weighted by Gasteiger charge is 2.17. The number of aromatic nitrogens is 2. The quantitative estimate of drug-likeness (QED) is 0.436. The minimum absolute atomic E-state index is 0.279. The summed E-state index contributed by atoms with van der Waals surface area (Å²) in [5.74, 6) is -0.253. The Bertz CT molecular complexity index is 1180. The van der Waals surface area contributed by atoms with Crippen molar-refractivity contribution in [2.75, 3.05) is 0 Å². The van der Waals surface area contributed by atoms with Crippen molar-refractivity contribution in [3.63, 3.8) is 0 Å². The molecule has 3 rings (SSSR count). The van der Waals surface area contributed by atoms with Crippen LogP contribution in [0.1, 0.15) is 18.3 Å². The van der Waals surface area contributed by atoms with Crippen molar-refractivity contribution in [1.29, 1.82) is 0 Å². The summed E-state index contributed by atoms with van der Waals surface area (Å²) >= 11 is 10.1. The number of aliphatic carboxylic acids is 1. The third-order valence-electron chi connectivity index (χ3n) is 3.96. The topological polar surface area (TPSA) is 93.8 Å². The molecule has 0 amide bonds. The lowest BCUT2D eigenvalue weighted by Crippen LogP contribution is -2.23. The van der Waals surface area contributed by atoms with Gasteiger partial charge in [-0.3, -0.25) is 4.79 Å². The lowest BCUT2D eigenvalue weighted by molar-refractivity contribution is -0.144. The maximum atomic E-state index is 12.8. The molecule has 0 saturated heterocycles. The summed E-state index contributed by atoms with van der Waals surface area (Å²) in [5.41, 5.74) is 0.986. The number of rotatable bonds is 5. The Balaban J connectivity index is 1.98. The molecule has 7 nitrogen and oxygen atoms in total. The molecule has 150 valence electrons. The van der Waals surface area contributed by atoms with E-state index >= 15 is 0 Å². The Hall–Kier alpha value is -2.04. The van der Waals surface area contributed by atoms with E-state index in [0.717, 1.165) is 4.47 Å². The molecule has 0 spiro atoms. The molecule has 0 fully saturated rings. The van der Waals surface area contributed by atoms with Crippen LogP contribution in [0.4, 0.5) is 0 Å². The Morgan fingerprint density at radius 3 is 2.52 bits per heavy atom. The molecule has 1 N–H and O–H groups in total. The van der Waals surface area contributed by atoms with Crippen molar-refractivity contribution in [2.45, 2.75) is 20.0 Å². The fourth-order valence-electron chi connectivity index (χ4n) is 2.51. The van der Waals surface area contributed by atoms with Crippen LogP contribution in [0.2, 0.25) is 0 Å². The summed E-state index contributed by atoms with van der Waals surface area (Å²) in [5, 5.41) is 13.8. The summed E-state index contributed by atoms with van der Waals surface area (Å²) in [6, 6.07) is 8.73. The van der Waals surface area contributed by atoms with Crippen molar-refractivity contribution in [2.24, 2.45) is 5.10 Å². The van der Waals surface area contributed by atoms with Crippen molar-refractivity contribution in [3.8, 4) is 5.75 Å². The van der Waals surface area contributed by atoms with Crippen molar-refractivity contribution < 1.29 is 14.6 Å². The standard InChI is InChI=1S/C19H14Br3N3O4/c1-9(19(27)28)29-17-14(21)5-11(6-15(17)22)8-23-25-10(2)24-16-4-3-12(20)7-13(16)18(25)26/h3-9H,1-2H3,(H,27,28)/t9-/m1/s1. The van der Waals surface area contributed by atoms with Crippen LogP contribution in [0.3, 0.4) is 0 Å². The van der Waals surface area contributed by atoms with E-state index in [1.54, 1.807) is 31.2 Å². The number of fused-ring (bicyclic) bond motifs is 1. The first-order chi connectivity index (χ1) is 13.7. The molecular weight excluding hydrogens is 574 g/mol. The van der Waals surface area contributed by atoms with Crippen LogP contribution in [0.5, 0.6) is 5.75 Å². The largest absolute Gasteiger partial charge is 0.479 e. The zero-order valence-corrected chi connectivity index (χ0v) is 19.9. The average Bonchev–Trinajstić information content (AvgIpc) is 2.65. The van der Waals surface area contributed by atoms with Crippen LogP contribution >= 0.6 is 47.8 Å². The predicted octanol–water partition coefficient (Wildman–Crippen LogP) is 4.73. The van der Waals surface area contributed by atoms with Crippen molar-refractivity contribution in [1.82, 2.24) is 9.66 Å².